The average Bonchev–Trinajstić information content (AvgIpc) is 2.78. The number of hydrogen-bond donors (Lipinski definition) is 3. The number of nitrogens with zero attached hydrogens (tertiary/aromatic N) is 3. The maximum atomic E-state index is 12.1. The molecule has 9 nitrogen and oxygen atoms in total. The van der Waals surface area contributed by atoms with E-state index in [9.17, 15) is 14.4 Å². The SMILES string of the molecule is O=C(O)CCc1nn2c3ccccc3[n+](CC(=O)O)c2[nH]c1=O. The van der Waals surface area contributed by atoms with Gasteiger partial charge in [0.05, 0.1) is 6.42 Å². The van der Waals surface area contributed by atoms with Crippen LogP contribution in [0.1, 0.15) is 12.1 Å². The van der Waals surface area contributed by atoms with E-state index in [1.54, 1.807) is 24.3 Å². The molecule has 0 amide bonds. The average molecular weight is 317 g/mol. The van der Waals surface area contributed by atoms with Crippen molar-refractivity contribution in [2.75, 3.05) is 0 Å². The first kappa shape index (κ1) is 14.7. The first-order valence-corrected chi connectivity index (χ1v) is 6.83. The van der Waals surface area contributed by atoms with Gasteiger partial charge in [0, 0.05) is 6.42 Å². The molecule has 3 aromatic rings. The van der Waals surface area contributed by atoms with Gasteiger partial charge in [0.2, 0.25) is 0 Å². The van der Waals surface area contributed by atoms with Crippen LogP contribution in [0.4, 0.5) is 0 Å². The second-order valence-corrected chi connectivity index (χ2v) is 5.00. The summed E-state index contributed by atoms with van der Waals surface area (Å²) in [5.41, 5.74) is 0.786. The minimum atomic E-state index is -1.05. The molecule has 2 heterocycles. The molecule has 0 bridgehead atoms. The summed E-state index contributed by atoms with van der Waals surface area (Å²) in [5.74, 6) is -1.84. The molecule has 0 saturated heterocycles. The Morgan fingerprint density at radius 3 is 2.65 bits per heavy atom. The van der Waals surface area contributed by atoms with E-state index in [-0.39, 0.29) is 30.9 Å². The van der Waals surface area contributed by atoms with Crippen LogP contribution in [-0.4, -0.2) is 36.7 Å². The largest absolute Gasteiger partial charge is 0.481 e. The molecule has 0 fully saturated rings. The fourth-order valence-corrected chi connectivity index (χ4v) is 2.46. The number of benzene rings is 1. The lowest BCUT2D eigenvalue weighted by atomic mass is 10.2. The van der Waals surface area contributed by atoms with Crippen LogP contribution in [0, 0.1) is 0 Å². The van der Waals surface area contributed by atoms with Gasteiger partial charge in [-0.15, -0.1) is 9.61 Å². The van der Waals surface area contributed by atoms with Gasteiger partial charge in [-0.2, -0.15) is 0 Å². The molecule has 0 aliphatic heterocycles. The summed E-state index contributed by atoms with van der Waals surface area (Å²) in [4.78, 5) is 36.4. The Morgan fingerprint density at radius 1 is 1.22 bits per heavy atom. The van der Waals surface area contributed by atoms with E-state index < -0.39 is 17.5 Å². The van der Waals surface area contributed by atoms with Gasteiger partial charge < -0.3 is 10.2 Å². The Kier molecular flexibility index (Phi) is 3.53. The van der Waals surface area contributed by atoms with Crippen molar-refractivity contribution in [3.05, 3.63) is 40.3 Å². The lowest BCUT2D eigenvalue weighted by Crippen LogP contribution is -2.39. The fraction of sp³-hybridized carbons (Fsp3) is 0.214. The van der Waals surface area contributed by atoms with Crippen molar-refractivity contribution >= 4 is 28.7 Å². The third-order valence-electron chi connectivity index (χ3n) is 3.43. The van der Waals surface area contributed by atoms with E-state index in [2.05, 4.69) is 10.1 Å². The molecule has 0 spiro atoms. The molecule has 2 aromatic heterocycles. The number of H-pyrrole nitrogens is 1. The molecule has 0 atom stereocenters. The molecule has 0 aliphatic rings. The molecule has 118 valence electrons. The van der Waals surface area contributed by atoms with Crippen LogP contribution in [0.2, 0.25) is 0 Å². The lowest BCUT2D eigenvalue weighted by Gasteiger charge is -1.96. The van der Waals surface area contributed by atoms with Crippen molar-refractivity contribution in [1.82, 2.24) is 14.6 Å². The number of aromatic amines is 1. The summed E-state index contributed by atoms with van der Waals surface area (Å²) in [5, 5.41) is 22.0. The molecular weight excluding hydrogens is 304 g/mol. The van der Waals surface area contributed by atoms with Crippen LogP contribution in [0.25, 0.3) is 16.8 Å². The summed E-state index contributed by atoms with van der Waals surface area (Å²) >= 11 is 0. The van der Waals surface area contributed by atoms with Gasteiger partial charge in [-0.3, -0.25) is 4.79 Å². The molecule has 0 saturated carbocycles. The number of aliphatic carboxylic acids is 2. The van der Waals surface area contributed by atoms with Gasteiger partial charge in [0.15, 0.2) is 17.8 Å². The smallest absolute Gasteiger partial charge is 0.390 e. The Morgan fingerprint density at radius 2 is 1.96 bits per heavy atom. The first-order valence-electron chi connectivity index (χ1n) is 6.83. The van der Waals surface area contributed by atoms with Crippen molar-refractivity contribution in [1.29, 1.82) is 0 Å². The monoisotopic (exact) mass is 317 g/mol. The standard InChI is InChI=1S/C14H12N4O5/c19-11(20)6-5-8-13(23)15-14-17(7-12(21)22)9-3-1-2-4-10(9)18(14)16-8/h1-4H,5-7H2,(H2,19,20,21,22)/p+1. The third kappa shape index (κ3) is 2.63. The molecule has 23 heavy (non-hydrogen) atoms. The van der Waals surface area contributed by atoms with Gasteiger partial charge in [-0.05, 0) is 12.1 Å². The zero-order chi connectivity index (χ0) is 16.6. The van der Waals surface area contributed by atoms with Crippen LogP contribution in [0.15, 0.2) is 29.1 Å². The number of carboxylic acids is 2. The topological polar surface area (TPSA) is 129 Å². The number of hydrogen-bond acceptors (Lipinski definition) is 4. The molecule has 9 heteroatoms. The summed E-state index contributed by atoms with van der Waals surface area (Å²) in [7, 11) is 0. The number of aromatic nitrogens is 4. The number of carbonyl (C=O) groups is 2. The van der Waals surface area contributed by atoms with Crippen molar-refractivity contribution in [2.24, 2.45) is 0 Å². The normalized spacial score (nSPS) is 11.1. The molecule has 0 unspecified atom stereocenters. The maximum Gasteiger partial charge on any atom is 0.390 e. The highest BCUT2D eigenvalue weighted by Gasteiger charge is 2.23. The van der Waals surface area contributed by atoms with E-state index in [1.165, 1.54) is 9.08 Å². The molecule has 3 rings (SSSR count). The van der Waals surface area contributed by atoms with Crippen molar-refractivity contribution < 1.29 is 24.4 Å². The highest BCUT2D eigenvalue weighted by atomic mass is 16.4. The van der Waals surface area contributed by atoms with Crippen LogP contribution < -0.4 is 10.1 Å². The summed E-state index contributed by atoms with van der Waals surface area (Å²) in [6.07, 6.45) is -0.220. The van der Waals surface area contributed by atoms with E-state index >= 15 is 0 Å². The number of imidazole rings is 1. The molecule has 0 radical (unpaired) electrons. The second-order valence-electron chi connectivity index (χ2n) is 5.00. The molecular formula is C14H13N4O5+. The molecule has 1 aromatic carbocycles. The van der Waals surface area contributed by atoms with Gasteiger partial charge >= 0.3 is 23.3 Å². The number of rotatable bonds is 5. The quantitative estimate of drug-likeness (QED) is 0.547. The Bertz CT molecular complexity index is 988. The molecule has 0 aliphatic carbocycles. The van der Waals surface area contributed by atoms with Crippen molar-refractivity contribution in [2.45, 2.75) is 19.4 Å². The highest BCUT2D eigenvalue weighted by Crippen LogP contribution is 2.11. The Labute approximate surface area is 128 Å². The second kappa shape index (κ2) is 5.52. The van der Waals surface area contributed by atoms with Crippen LogP contribution in [0.3, 0.4) is 0 Å². The van der Waals surface area contributed by atoms with Gasteiger partial charge in [0.1, 0.15) is 5.52 Å². The summed E-state index contributed by atoms with van der Waals surface area (Å²) in [6, 6.07) is 6.99. The maximum absolute atomic E-state index is 12.1. The van der Waals surface area contributed by atoms with Crippen molar-refractivity contribution in [3.8, 4) is 0 Å². The summed E-state index contributed by atoms with van der Waals surface area (Å²) in [6.45, 7) is -0.330. The Hall–Kier alpha value is -3.23. The van der Waals surface area contributed by atoms with Crippen LogP contribution >= 0.6 is 0 Å². The highest BCUT2D eigenvalue weighted by molar-refractivity contribution is 5.75. The van der Waals surface area contributed by atoms with E-state index in [0.717, 1.165) is 0 Å². The minimum absolute atomic E-state index is 0.00789. The zero-order valence-corrected chi connectivity index (χ0v) is 11.9. The van der Waals surface area contributed by atoms with Crippen molar-refractivity contribution in [3.63, 3.8) is 0 Å². The summed E-state index contributed by atoms with van der Waals surface area (Å²) < 4.78 is 2.86. The van der Waals surface area contributed by atoms with Crippen LogP contribution in [-0.2, 0) is 22.6 Å². The Balaban J connectivity index is 2.26. The number of fused-ring (bicyclic) bond motifs is 3. The van der Waals surface area contributed by atoms with E-state index in [4.69, 9.17) is 10.2 Å². The zero-order valence-electron chi connectivity index (χ0n) is 11.9. The molecule has 3 N–H and O–H groups in total. The fourth-order valence-electron chi connectivity index (χ4n) is 2.46. The number of para-hydroxylation sites is 2. The van der Waals surface area contributed by atoms with Gasteiger partial charge in [0.25, 0.3) is 0 Å². The lowest BCUT2D eigenvalue weighted by molar-refractivity contribution is -0.636. The predicted octanol–water partition coefficient (Wildman–Crippen LogP) is -0.435. The number of carboxylic acid groups (broad SMARTS) is 2. The number of aryl methyl sites for hydroxylation is 1. The van der Waals surface area contributed by atoms with Gasteiger partial charge in [-0.25, -0.2) is 19.1 Å². The minimum Gasteiger partial charge on any atom is -0.481 e. The van der Waals surface area contributed by atoms with Crippen LogP contribution in [0.5, 0.6) is 0 Å². The first-order chi connectivity index (χ1) is 11.0. The van der Waals surface area contributed by atoms with Gasteiger partial charge in [-0.1, -0.05) is 12.1 Å². The number of nitrogens with one attached hydrogen (secondary N) is 1. The third-order valence-corrected chi connectivity index (χ3v) is 3.43. The van der Waals surface area contributed by atoms with E-state index in [0.29, 0.717) is 11.0 Å². The predicted molar refractivity (Wildman–Crippen MR) is 77.1 cm³/mol. The van der Waals surface area contributed by atoms with E-state index in [1.807, 2.05) is 0 Å².